The summed E-state index contributed by atoms with van der Waals surface area (Å²) in [6.45, 7) is 2.11. The van der Waals surface area contributed by atoms with Gasteiger partial charge in [-0.25, -0.2) is 4.98 Å². The monoisotopic (exact) mass is 499 g/mol. The molecular weight excluding hydrogens is 470 g/mol. The average molecular weight is 500 g/mol. The molecule has 1 atom stereocenters. The maximum Gasteiger partial charge on any atom is 0.224 e. The van der Waals surface area contributed by atoms with Crippen LogP contribution >= 0.6 is 11.3 Å². The Hall–Kier alpha value is -3.78. The zero-order valence-corrected chi connectivity index (χ0v) is 21.1. The lowest BCUT2D eigenvalue weighted by molar-refractivity contribution is -0.125. The Morgan fingerprint density at radius 1 is 1.06 bits per heavy atom. The van der Waals surface area contributed by atoms with Crippen molar-refractivity contribution in [3.63, 3.8) is 0 Å². The Labute approximate surface area is 215 Å². The standard InChI is InChI=1S/C28H29N5O2S/c1-35-24-11-9-20(10-12-24)25-13-14-26(32-31-25)33-17-5-8-22(18-33)27(34)29-16-15-23-19-36-28(30-23)21-6-3-2-4-7-21/h2-4,6-7,9-14,19,22H,5,8,15-18H2,1H3,(H,29,34). The minimum atomic E-state index is -0.0582. The van der Waals surface area contributed by atoms with E-state index in [-0.39, 0.29) is 11.8 Å². The van der Waals surface area contributed by atoms with Gasteiger partial charge in [-0.15, -0.1) is 21.5 Å². The van der Waals surface area contributed by atoms with Gasteiger partial charge in [0.15, 0.2) is 5.82 Å². The van der Waals surface area contributed by atoms with Gasteiger partial charge < -0.3 is 15.0 Å². The first-order valence-electron chi connectivity index (χ1n) is 12.2. The lowest BCUT2D eigenvalue weighted by Crippen LogP contribution is -2.43. The van der Waals surface area contributed by atoms with Crippen LogP contribution in [0, 0.1) is 5.92 Å². The third-order valence-electron chi connectivity index (χ3n) is 6.41. The highest BCUT2D eigenvalue weighted by atomic mass is 32.1. The fourth-order valence-corrected chi connectivity index (χ4v) is 5.26. The van der Waals surface area contributed by atoms with E-state index in [1.165, 1.54) is 0 Å². The number of methoxy groups -OCH3 is 1. The molecule has 5 rings (SSSR count). The fraction of sp³-hybridized carbons (Fsp3) is 0.286. The summed E-state index contributed by atoms with van der Waals surface area (Å²) < 4.78 is 5.22. The van der Waals surface area contributed by atoms with Crippen LogP contribution in [0.15, 0.2) is 72.1 Å². The number of nitrogens with one attached hydrogen (secondary N) is 1. The quantitative estimate of drug-likeness (QED) is 0.373. The van der Waals surface area contributed by atoms with E-state index >= 15 is 0 Å². The third-order valence-corrected chi connectivity index (χ3v) is 7.35. The Morgan fingerprint density at radius 3 is 2.64 bits per heavy atom. The highest BCUT2D eigenvalue weighted by Crippen LogP contribution is 2.25. The van der Waals surface area contributed by atoms with Gasteiger partial charge in [-0.2, -0.15) is 0 Å². The zero-order valence-electron chi connectivity index (χ0n) is 20.3. The van der Waals surface area contributed by atoms with Gasteiger partial charge in [0.25, 0.3) is 0 Å². The second-order valence-corrected chi connectivity index (χ2v) is 9.70. The van der Waals surface area contributed by atoms with E-state index in [2.05, 4.69) is 37.9 Å². The number of carbonyl (C=O) groups excluding carboxylic acids is 1. The van der Waals surface area contributed by atoms with Crippen molar-refractivity contribution in [1.82, 2.24) is 20.5 Å². The Kier molecular flexibility index (Phi) is 7.52. The number of nitrogens with zero attached hydrogens (tertiary/aromatic N) is 4. The van der Waals surface area contributed by atoms with Crippen molar-refractivity contribution in [2.24, 2.45) is 5.92 Å². The van der Waals surface area contributed by atoms with Crippen molar-refractivity contribution in [1.29, 1.82) is 0 Å². The number of benzene rings is 2. The summed E-state index contributed by atoms with van der Waals surface area (Å²) in [5.41, 5.74) is 3.93. The molecule has 2 aromatic carbocycles. The molecule has 1 fully saturated rings. The number of ether oxygens (including phenoxy) is 1. The molecule has 184 valence electrons. The highest BCUT2D eigenvalue weighted by molar-refractivity contribution is 7.13. The number of aromatic nitrogens is 3. The first-order chi connectivity index (χ1) is 17.7. The Morgan fingerprint density at radius 2 is 1.89 bits per heavy atom. The van der Waals surface area contributed by atoms with E-state index in [1.807, 2.05) is 54.6 Å². The summed E-state index contributed by atoms with van der Waals surface area (Å²) in [5.74, 6) is 1.66. The average Bonchev–Trinajstić information content (AvgIpc) is 3.43. The van der Waals surface area contributed by atoms with Crippen LogP contribution in [0.4, 0.5) is 5.82 Å². The van der Waals surface area contributed by atoms with Gasteiger partial charge in [-0.1, -0.05) is 30.3 Å². The first kappa shape index (κ1) is 23.9. The van der Waals surface area contributed by atoms with Crippen molar-refractivity contribution in [2.45, 2.75) is 19.3 Å². The minimum Gasteiger partial charge on any atom is -0.497 e. The molecule has 1 saturated heterocycles. The SMILES string of the molecule is COc1ccc(-c2ccc(N3CCCC(C(=O)NCCc4csc(-c5ccccc5)n4)C3)nn2)cc1. The molecule has 1 amide bonds. The normalized spacial score (nSPS) is 15.5. The molecule has 36 heavy (non-hydrogen) atoms. The van der Waals surface area contributed by atoms with Crippen molar-refractivity contribution >= 4 is 23.1 Å². The van der Waals surface area contributed by atoms with Crippen LogP contribution in [0.5, 0.6) is 5.75 Å². The van der Waals surface area contributed by atoms with E-state index < -0.39 is 0 Å². The molecule has 4 aromatic rings. The Balaban J connectivity index is 1.13. The number of hydrogen-bond acceptors (Lipinski definition) is 7. The van der Waals surface area contributed by atoms with Crippen LogP contribution in [0.25, 0.3) is 21.8 Å². The number of amides is 1. The van der Waals surface area contributed by atoms with Crippen molar-refractivity contribution in [3.8, 4) is 27.6 Å². The predicted octanol–water partition coefficient (Wildman–Crippen LogP) is 4.85. The van der Waals surface area contributed by atoms with Crippen LogP contribution in [0.2, 0.25) is 0 Å². The van der Waals surface area contributed by atoms with Gasteiger partial charge in [0.2, 0.25) is 5.91 Å². The molecule has 1 aliphatic rings. The van der Waals surface area contributed by atoms with Crippen LogP contribution in [-0.4, -0.2) is 47.8 Å². The number of rotatable bonds is 8. The summed E-state index contributed by atoms with van der Waals surface area (Å²) in [5, 5.41) is 15.1. The number of hydrogen-bond donors (Lipinski definition) is 1. The van der Waals surface area contributed by atoms with Gasteiger partial charge >= 0.3 is 0 Å². The number of thiazole rings is 1. The van der Waals surface area contributed by atoms with E-state index in [9.17, 15) is 4.79 Å². The van der Waals surface area contributed by atoms with E-state index in [4.69, 9.17) is 9.72 Å². The van der Waals surface area contributed by atoms with Gasteiger partial charge in [-0.05, 0) is 49.2 Å². The minimum absolute atomic E-state index is 0.0582. The molecule has 7 nitrogen and oxygen atoms in total. The summed E-state index contributed by atoms with van der Waals surface area (Å²) in [7, 11) is 1.65. The summed E-state index contributed by atoms with van der Waals surface area (Å²) in [6.07, 6.45) is 2.56. The maximum absolute atomic E-state index is 12.9. The molecule has 0 saturated carbocycles. The molecule has 3 heterocycles. The maximum atomic E-state index is 12.9. The molecule has 0 aliphatic carbocycles. The number of carbonyl (C=O) groups is 1. The van der Waals surface area contributed by atoms with E-state index in [0.29, 0.717) is 13.1 Å². The smallest absolute Gasteiger partial charge is 0.224 e. The van der Waals surface area contributed by atoms with E-state index in [1.54, 1.807) is 18.4 Å². The van der Waals surface area contributed by atoms with Crippen molar-refractivity contribution in [3.05, 3.63) is 77.8 Å². The van der Waals surface area contributed by atoms with Crippen LogP contribution in [-0.2, 0) is 11.2 Å². The number of piperidine rings is 1. The predicted molar refractivity (Wildman–Crippen MR) is 143 cm³/mol. The summed E-state index contributed by atoms with van der Waals surface area (Å²) >= 11 is 1.64. The number of anilines is 1. The lowest BCUT2D eigenvalue weighted by Gasteiger charge is -2.32. The van der Waals surface area contributed by atoms with Gasteiger partial charge in [0.1, 0.15) is 10.8 Å². The topological polar surface area (TPSA) is 80.2 Å². The first-order valence-corrected chi connectivity index (χ1v) is 13.1. The molecule has 0 bridgehead atoms. The molecule has 1 unspecified atom stereocenters. The Bertz CT molecular complexity index is 1280. The van der Waals surface area contributed by atoms with Gasteiger partial charge in [-0.3, -0.25) is 4.79 Å². The highest BCUT2D eigenvalue weighted by Gasteiger charge is 2.26. The zero-order chi connectivity index (χ0) is 24.7. The second-order valence-electron chi connectivity index (χ2n) is 8.84. The lowest BCUT2D eigenvalue weighted by atomic mass is 9.97. The summed E-state index contributed by atoms with van der Waals surface area (Å²) in [4.78, 5) is 19.8. The second kappa shape index (κ2) is 11.3. The molecule has 0 radical (unpaired) electrons. The third kappa shape index (κ3) is 5.71. The molecule has 1 N–H and O–H groups in total. The fourth-order valence-electron chi connectivity index (χ4n) is 4.40. The van der Waals surface area contributed by atoms with E-state index in [0.717, 1.165) is 64.9 Å². The molecule has 2 aromatic heterocycles. The molecular formula is C28H29N5O2S. The van der Waals surface area contributed by atoms with Crippen LogP contribution in [0.1, 0.15) is 18.5 Å². The summed E-state index contributed by atoms with van der Waals surface area (Å²) in [6, 6.07) is 21.9. The van der Waals surface area contributed by atoms with Crippen molar-refractivity contribution < 1.29 is 9.53 Å². The largest absolute Gasteiger partial charge is 0.497 e. The molecule has 1 aliphatic heterocycles. The molecule has 8 heteroatoms. The van der Waals surface area contributed by atoms with Crippen molar-refractivity contribution in [2.75, 3.05) is 31.6 Å². The van der Waals surface area contributed by atoms with Gasteiger partial charge in [0, 0.05) is 42.6 Å². The van der Waals surface area contributed by atoms with Gasteiger partial charge in [0.05, 0.1) is 24.4 Å². The van der Waals surface area contributed by atoms with Crippen LogP contribution < -0.4 is 15.0 Å². The molecule has 0 spiro atoms. The van der Waals surface area contributed by atoms with Crippen LogP contribution in [0.3, 0.4) is 0 Å².